The smallest absolute Gasteiger partial charge is 0.242 e. The highest BCUT2D eigenvalue weighted by atomic mass is 16.5. The number of hydrogen-bond donors (Lipinski definition) is 0. The molecule has 0 aliphatic carbocycles. The molecule has 0 N–H and O–H groups in total. The van der Waals surface area contributed by atoms with E-state index in [2.05, 4.69) is 4.90 Å². The molecule has 1 fully saturated rings. The van der Waals surface area contributed by atoms with Crippen LogP contribution < -0.4 is 0 Å². The lowest BCUT2D eigenvalue weighted by molar-refractivity contribution is -0.139. The molecule has 1 heterocycles. The van der Waals surface area contributed by atoms with Gasteiger partial charge in [-0.2, -0.15) is 0 Å². The average molecular weight is 285 g/mol. The fraction of sp³-hybridized carbons (Fsp3) is 0.857. The van der Waals surface area contributed by atoms with E-state index in [1.807, 2.05) is 13.8 Å². The topological polar surface area (TPSA) is 53.1 Å². The number of carbonyl (C=O) groups is 2. The molecule has 1 aliphatic rings. The molecule has 0 unspecified atom stereocenters. The predicted molar refractivity (Wildman–Crippen MR) is 77.4 cm³/mol. The quantitative estimate of drug-likeness (QED) is 0.662. The van der Waals surface area contributed by atoms with Crippen molar-refractivity contribution in [3.63, 3.8) is 0 Å². The summed E-state index contributed by atoms with van der Waals surface area (Å²) in [6.07, 6.45) is 0. The first kappa shape index (κ1) is 16.9. The van der Waals surface area contributed by atoms with Gasteiger partial charge in [-0.3, -0.25) is 14.5 Å². The zero-order valence-electron chi connectivity index (χ0n) is 12.9. The van der Waals surface area contributed by atoms with Crippen LogP contribution in [-0.2, 0) is 14.3 Å². The van der Waals surface area contributed by atoms with Crippen molar-refractivity contribution in [1.82, 2.24) is 14.7 Å². The molecule has 0 aromatic heterocycles. The number of amides is 2. The summed E-state index contributed by atoms with van der Waals surface area (Å²) in [5, 5.41) is 0. The molecule has 0 atom stereocenters. The molecule has 0 saturated carbocycles. The lowest BCUT2D eigenvalue weighted by Gasteiger charge is -2.30. The van der Waals surface area contributed by atoms with E-state index in [1.165, 1.54) is 6.92 Å². The van der Waals surface area contributed by atoms with Crippen LogP contribution in [0.25, 0.3) is 0 Å². The molecule has 0 spiro atoms. The predicted octanol–water partition coefficient (Wildman–Crippen LogP) is 0.0355. The summed E-state index contributed by atoms with van der Waals surface area (Å²) in [6, 6.07) is 0. The number of ether oxygens (including phenoxy) is 1. The number of likely N-dealkylation sites (N-methyl/N-ethyl adjacent to an activating group) is 1. The first-order valence-corrected chi connectivity index (χ1v) is 7.41. The Kier molecular flexibility index (Phi) is 7.54. The molecule has 1 rings (SSSR count). The maximum Gasteiger partial charge on any atom is 0.242 e. The molecule has 116 valence electrons. The molecule has 0 radical (unpaired) electrons. The van der Waals surface area contributed by atoms with Crippen molar-refractivity contribution in [2.24, 2.45) is 0 Å². The van der Waals surface area contributed by atoms with Crippen molar-refractivity contribution in [1.29, 1.82) is 0 Å². The van der Waals surface area contributed by atoms with Gasteiger partial charge < -0.3 is 14.5 Å². The summed E-state index contributed by atoms with van der Waals surface area (Å²) in [5.74, 6) is -0.0223. The Balaban J connectivity index is 2.43. The fourth-order valence-electron chi connectivity index (χ4n) is 2.27. The van der Waals surface area contributed by atoms with Gasteiger partial charge in [0.1, 0.15) is 0 Å². The van der Waals surface area contributed by atoms with E-state index in [9.17, 15) is 9.59 Å². The zero-order chi connectivity index (χ0) is 15.0. The summed E-state index contributed by atoms with van der Waals surface area (Å²) < 4.78 is 5.30. The van der Waals surface area contributed by atoms with Crippen molar-refractivity contribution in [3.8, 4) is 0 Å². The Labute approximate surface area is 121 Å². The van der Waals surface area contributed by atoms with Gasteiger partial charge >= 0.3 is 0 Å². The first-order valence-electron chi connectivity index (χ1n) is 7.41. The van der Waals surface area contributed by atoms with E-state index < -0.39 is 0 Å². The van der Waals surface area contributed by atoms with Gasteiger partial charge in [-0.05, 0) is 13.8 Å². The molecule has 0 bridgehead atoms. The molecular formula is C14H27N3O3. The van der Waals surface area contributed by atoms with Crippen LogP contribution in [0.2, 0.25) is 0 Å². The summed E-state index contributed by atoms with van der Waals surface area (Å²) >= 11 is 0. The second-order valence-electron chi connectivity index (χ2n) is 4.96. The lowest BCUT2D eigenvalue weighted by Crippen LogP contribution is -2.46. The van der Waals surface area contributed by atoms with Gasteiger partial charge in [-0.25, -0.2) is 0 Å². The Hall–Kier alpha value is -1.14. The second kappa shape index (κ2) is 8.92. The van der Waals surface area contributed by atoms with Crippen LogP contribution in [0.1, 0.15) is 20.8 Å². The lowest BCUT2D eigenvalue weighted by atomic mass is 10.3. The van der Waals surface area contributed by atoms with Crippen LogP contribution in [0.5, 0.6) is 0 Å². The van der Waals surface area contributed by atoms with E-state index in [0.717, 1.165) is 32.8 Å². The number of nitrogens with zero attached hydrogens (tertiary/aromatic N) is 3. The Morgan fingerprint density at radius 3 is 2.20 bits per heavy atom. The SMILES string of the molecule is CCN(CC)C(=O)CN(CCN1CCOCC1)C(C)=O. The Morgan fingerprint density at radius 1 is 1.10 bits per heavy atom. The van der Waals surface area contributed by atoms with Gasteiger partial charge in [0.25, 0.3) is 0 Å². The summed E-state index contributed by atoms with van der Waals surface area (Å²) in [5.41, 5.74) is 0. The van der Waals surface area contributed by atoms with Gasteiger partial charge in [-0.1, -0.05) is 0 Å². The fourth-order valence-corrected chi connectivity index (χ4v) is 2.27. The maximum atomic E-state index is 12.1. The van der Waals surface area contributed by atoms with Crippen molar-refractivity contribution < 1.29 is 14.3 Å². The van der Waals surface area contributed by atoms with Gasteiger partial charge in [-0.15, -0.1) is 0 Å². The minimum Gasteiger partial charge on any atom is -0.379 e. The Bertz CT molecular complexity index is 313. The molecule has 1 saturated heterocycles. The van der Waals surface area contributed by atoms with Crippen LogP contribution in [0.15, 0.2) is 0 Å². The summed E-state index contributed by atoms with van der Waals surface area (Å²) in [6.45, 7) is 11.7. The highest BCUT2D eigenvalue weighted by Gasteiger charge is 2.18. The van der Waals surface area contributed by atoms with E-state index in [4.69, 9.17) is 4.74 Å². The van der Waals surface area contributed by atoms with Crippen LogP contribution in [0.3, 0.4) is 0 Å². The first-order chi connectivity index (χ1) is 9.58. The van der Waals surface area contributed by atoms with E-state index in [0.29, 0.717) is 19.6 Å². The molecule has 1 aliphatic heterocycles. The molecule has 0 aromatic carbocycles. The normalized spacial score (nSPS) is 15.9. The second-order valence-corrected chi connectivity index (χ2v) is 4.96. The van der Waals surface area contributed by atoms with Gasteiger partial charge in [0.2, 0.25) is 11.8 Å². The van der Waals surface area contributed by atoms with Gasteiger partial charge in [0.05, 0.1) is 19.8 Å². The van der Waals surface area contributed by atoms with Crippen molar-refractivity contribution in [2.75, 3.05) is 59.0 Å². The van der Waals surface area contributed by atoms with Crippen molar-refractivity contribution in [2.45, 2.75) is 20.8 Å². The largest absolute Gasteiger partial charge is 0.379 e. The number of carbonyl (C=O) groups excluding carboxylic acids is 2. The van der Waals surface area contributed by atoms with Crippen molar-refractivity contribution in [3.05, 3.63) is 0 Å². The standard InChI is InChI=1S/C14H27N3O3/c1-4-16(5-2)14(19)12-17(13(3)18)7-6-15-8-10-20-11-9-15/h4-12H2,1-3H3. The molecular weight excluding hydrogens is 258 g/mol. The molecule has 20 heavy (non-hydrogen) atoms. The average Bonchev–Trinajstić information content (AvgIpc) is 2.45. The number of morpholine rings is 1. The van der Waals surface area contributed by atoms with Crippen LogP contribution >= 0.6 is 0 Å². The van der Waals surface area contributed by atoms with Crippen molar-refractivity contribution >= 4 is 11.8 Å². The molecule has 0 aromatic rings. The number of rotatable bonds is 7. The van der Waals surface area contributed by atoms with Crippen LogP contribution in [0, 0.1) is 0 Å². The van der Waals surface area contributed by atoms with Crippen LogP contribution in [-0.4, -0.2) is 85.5 Å². The third-order valence-corrected chi connectivity index (χ3v) is 3.68. The third-order valence-electron chi connectivity index (χ3n) is 3.68. The summed E-state index contributed by atoms with van der Waals surface area (Å²) in [7, 11) is 0. The molecule has 2 amide bonds. The third kappa shape index (κ3) is 5.46. The molecule has 6 heteroatoms. The Morgan fingerprint density at radius 2 is 1.70 bits per heavy atom. The highest BCUT2D eigenvalue weighted by Crippen LogP contribution is 2.00. The van der Waals surface area contributed by atoms with Gasteiger partial charge in [0, 0.05) is 46.2 Å². The van der Waals surface area contributed by atoms with E-state index >= 15 is 0 Å². The maximum absolute atomic E-state index is 12.1. The van der Waals surface area contributed by atoms with E-state index in [-0.39, 0.29) is 18.4 Å². The minimum absolute atomic E-state index is 0.0205. The molecule has 6 nitrogen and oxygen atoms in total. The number of hydrogen-bond acceptors (Lipinski definition) is 4. The highest BCUT2D eigenvalue weighted by molar-refractivity contribution is 5.83. The minimum atomic E-state index is -0.0428. The van der Waals surface area contributed by atoms with Gasteiger partial charge in [0.15, 0.2) is 0 Å². The monoisotopic (exact) mass is 285 g/mol. The summed E-state index contributed by atoms with van der Waals surface area (Å²) in [4.78, 5) is 29.4. The zero-order valence-corrected chi connectivity index (χ0v) is 12.9. The van der Waals surface area contributed by atoms with E-state index in [1.54, 1.807) is 9.80 Å². The van der Waals surface area contributed by atoms with Crippen LogP contribution in [0.4, 0.5) is 0 Å².